The van der Waals surface area contributed by atoms with Crippen LogP contribution in [0.15, 0.2) is 0 Å². The van der Waals surface area contributed by atoms with Gasteiger partial charge in [-0.25, -0.2) is 0 Å². The van der Waals surface area contributed by atoms with Crippen molar-refractivity contribution < 1.29 is 19.8 Å². The van der Waals surface area contributed by atoms with Gasteiger partial charge in [-0.3, -0.25) is 9.59 Å². The van der Waals surface area contributed by atoms with Gasteiger partial charge in [0.25, 0.3) is 0 Å². The van der Waals surface area contributed by atoms with Gasteiger partial charge in [0.05, 0.1) is 12.7 Å². The fraction of sp³-hybridized carbons (Fsp3) is 0.714. The second-order valence-corrected chi connectivity index (χ2v) is 2.97. The average Bonchev–Trinajstić information content (AvgIpc) is 2.07. The first-order valence-electron chi connectivity index (χ1n) is 3.96. The van der Waals surface area contributed by atoms with E-state index in [0.29, 0.717) is 0 Å². The minimum atomic E-state index is -0.941. The second kappa shape index (κ2) is 3.71. The zero-order chi connectivity index (χ0) is 10.0. The molecule has 1 heterocycles. The Labute approximate surface area is 74.9 Å². The molecule has 0 aromatic heterocycles. The first-order valence-corrected chi connectivity index (χ1v) is 3.96. The third kappa shape index (κ3) is 1.96. The third-order valence-corrected chi connectivity index (χ3v) is 1.88. The molecule has 3 atom stereocenters. The Kier molecular flexibility index (Phi) is 2.84. The van der Waals surface area contributed by atoms with Gasteiger partial charge in [-0.15, -0.1) is 0 Å². The molecule has 1 saturated heterocycles. The van der Waals surface area contributed by atoms with Crippen LogP contribution in [0.1, 0.15) is 6.92 Å². The number of hydrogen-bond acceptors (Lipinski definition) is 4. The largest absolute Gasteiger partial charge is 0.394 e. The minimum Gasteiger partial charge on any atom is -0.394 e. The standard InChI is InChI=1S/C7H12N2O4/c1-3(11)5-7(13)8-4(2-10)6(12)9-5/h3-5,10-11H,2H2,1H3,(H,8,13)(H,9,12). The monoisotopic (exact) mass is 188 g/mol. The Bertz CT molecular complexity index is 229. The van der Waals surface area contributed by atoms with Crippen molar-refractivity contribution in [1.82, 2.24) is 10.6 Å². The van der Waals surface area contributed by atoms with Crippen LogP contribution < -0.4 is 10.6 Å². The van der Waals surface area contributed by atoms with Crippen LogP contribution in [-0.2, 0) is 9.59 Å². The summed E-state index contributed by atoms with van der Waals surface area (Å²) in [4.78, 5) is 22.2. The summed E-state index contributed by atoms with van der Waals surface area (Å²) in [6.45, 7) is 0.966. The number of rotatable bonds is 2. The van der Waals surface area contributed by atoms with Crippen molar-refractivity contribution in [3.05, 3.63) is 0 Å². The number of nitrogens with one attached hydrogen (secondary N) is 2. The predicted octanol–water partition coefficient (Wildman–Crippen LogP) is -2.66. The summed E-state index contributed by atoms with van der Waals surface area (Å²) in [5.41, 5.74) is 0. The molecule has 0 aliphatic carbocycles. The van der Waals surface area contributed by atoms with E-state index in [2.05, 4.69) is 10.6 Å². The normalized spacial score (nSPS) is 30.7. The first kappa shape index (κ1) is 9.94. The average molecular weight is 188 g/mol. The zero-order valence-corrected chi connectivity index (χ0v) is 7.15. The summed E-state index contributed by atoms with van der Waals surface area (Å²) in [5.74, 6) is -0.957. The van der Waals surface area contributed by atoms with Gasteiger partial charge in [0.1, 0.15) is 12.1 Å². The third-order valence-electron chi connectivity index (χ3n) is 1.88. The van der Waals surface area contributed by atoms with Crippen LogP contribution in [0.3, 0.4) is 0 Å². The molecule has 0 bridgehead atoms. The summed E-state index contributed by atoms with van der Waals surface area (Å²) in [6, 6.07) is -1.82. The van der Waals surface area contributed by atoms with Crippen molar-refractivity contribution in [2.45, 2.75) is 25.1 Å². The smallest absolute Gasteiger partial charge is 0.245 e. The lowest BCUT2D eigenvalue weighted by Crippen LogP contribution is -2.65. The minimum absolute atomic E-state index is 0.440. The van der Waals surface area contributed by atoms with Crippen molar-refractivity contribution in [1.29, 1.82) is 0 Å². The molecule has 3 unspecified atom stereocenters. The molecule has 0 spiro atoms. The summed E-state index contributed by atoms with van der Waals surface area (Å²) in [7, 11) is 0. The van der Waals surface area contributed by atoms with Gasteiger partial charge in [-0.2, -0.15) is 0 Å². The quantitative estimate of drug-likeness (QED) is 0.380. The van der Waals surface area contributed by atoms with E-state index in [1.807, 2.05) is 0 Å². The van der Waals surface area contributed by atoms with Gasteiger partial charge < -0.3 is 20.8 Å². The number of aliphatic hydroxyl groups excluding tert-OH is 2. The van der Waals surface area contributed by atoms with E-state index < -0.39 is 36.6 Å². The van der Waals surface area contributed by atoms with Crippen LogP contribution in [-0.4, -0.2) is 46.8 Å². The number of carbonyl (C=O) groups is 2. The maximum atomic E-state index is 11.2. The Hall–Kier alpha value is -1.14. The van der Waals surface area contributed by atoms with Crippen molar-refractivity contribution in [2.75, 3.05) is 6.61 Å². The van der Waals surface area contributed by atoms with Gasteiger partial charge in [0, 0.05) is 0 Å². The van der Waals surface area contributed by atoms with Gasteiger partial charge in [0.2, 0.25) is 11.8 Å². The number of piperazine rings is 1. The lowest BCUT2D eigenvalue weighted by atomic mass is 10.1. The summed E-state index contributed by atoms with van der Waals surface area (Å²) >= 11 is 0. The summed E-state index contributed by atoms with van der Waals surface area (Å²) < 4.78 is 0. The van der Waals surface area contributed by atoms with Gasteiger partial charge >= 0.3 is 0 Å². The Morgan fingerprint density at radius 1 is 1.38 bits per heavy atom. The lowest BCUT2D eigenvalue weighted by Gasteiger charge is -2.29. The van der Waals surface area contributed by atoms with Crippen LogP contribution in [0.2, 0.25) is 0 Å². The first-order chi connectivity index (χ1) is 6.06. The van der Waals surface area contributed by atoms with E-state index in [4.69, 9.17) is 10.2 Å². The number of aliphatic hydroxyl groups is 2. The van der Waals surface area contributed by atoms with E-state index in [1.54, 1.807) is 0 Å². The molecule has 1 aliphatic heterocycles. The summed E-state index contributed by atoms with van der Waals surface area (Å²) in [6.07, 6.45) is -0.941. The molecule has 2 amide bonds. The van der Waals surface area contributed by atoms with Crippen molar-refractivity contribution in [3.63, 3.8) is 0 Å². The lowest BCUT2D eigenvalue weighted by molar-refractivity contribution is -0.140. The molecule has 13 heavy (non-hydrogen) atoms. The van der Waals surface area contributed by atoms with E-state index >= 15 is 0 Å². The molecule has 0 aromatic carbocycles. The highest BCUT2D eigenvalue weighted by Crippen LogP contribution is 2.00. The molecule has 0 saturated carbocycles. The van der Waals surface area contributed by atoms with E-state index in [-0.39, 0.29) is 0 Å². The number of carbonyl (C=O) groups excluding carboxylic acids is 2. The predicted molar refractivity (Wildman–Crippen MR) is 42.6 cm³/mol. The highest BCUT2D eigenvalue weighted by atomic mass is 16.3. The van der Waals surface area contributed by atoms with Crippen LogP contribution in [0, 0.1) is 0 Å². The van der Waals surface area contributed by atoms with Gasteiger partial charge in [-0.05, 0) is 6.92 Å². The second-order valence-electron chi connectivity index (χ2n) is 2.97. The molecule has 1 rings (SSSR count). The molecule has 1 aliphatic rings. The molecule has 0 aromatic rings. The van der Waals surface area contributed by atoms with Crippen molar-refractivity contribution in [2.24, 2.45) is 0 Å². The molecule has 1 fully saturated rings. The Morgan fingerprint density at radius 2 is 2.00 bits per heavy atom. The fourth-order valence-electron chi connectivity index (χ4n) is 1.11. The number of hydrogen-bond donors (Lipinski definition) is 4. The topological polar surface area (TPSA) is 98.7 Å². The molecule has 74 valence electrons. The van der Waals surface area contributed by atoms with Crippen LogP contribution in [0.4, 0.5) is 0 Å². The highest BCUT2D eigenvalue weighted by molar-refractivity contribution is 5.97. The molecule has 6 heteroatoms. The molecule has 0 radical (unpaired) electrons. The molecular formula is C7H12N2O4. The molecule has 6 nitrogen and oxygen atoms in total. The van der Waals surface area contributed by atoms with Crippen LogP contribution >= 0.6 is 0 Å². The van der Waals surface area contributed by atoms with E-state index in [9.17, 15) is 9.59 Å². The van der Waals surface area contributed by atoms with Crippen LogP contribution in [0.25, 0.3) is 0 Å². The fourth-order valence-corrected chi connectivity index (χ4v) is 1.11. The van der Waals surface area contributed by atoms with Gasteiger partial charge in [-0.1, -0.05) is 0 Å². The Morgan fingerprint density at radius 3 is 2.46 bits per heavy atom. The summed E-state index contributed by atoms with van der Waals surface area (Å²) in [5, 5.41) is 22.3. The SMILES string of the molecule is CC(O)C1NC(=O)C(CO)NC1=O. The molecular weight excluding hydrogens is 176 g/mol. The van der Waals surface area contributed by atoms with Crippen molar-refractivity contribution >= 4 is 11.8 Å². The number of amides is 2. The highest BCUT2D eigenvalue weighted by Gasteiger charge is 2.35. The van der Waals surface area contributed by atoms with E-state index in [1.165, 1.54) is 6.92 Å². The maximum Gasteiger partial charge on any atom is 0.245 e. The maximum absolute atomic E-state index is 11.2. The van der Waals surface area contributed by atoms with Crippen LogP contribution in [0.5, 0.6) is 0 Å². The zero-order valence-electron chi connectivity index (χ0n) is 7.15. The van der Waals surface area contributed by atoms with E-state index in [0.717, 1.165) is 0 Å². The van der Waals surface area contributed by atoms with Gasteiger partial charge in [0.15, 0.2) is 0 Å². The Balaban J connectivity index is 2.67. The van der Waals surface area contributed by atoms with Crippen molar-refractivity contribution in [3.8, 4) is 0 Å². The molecule has 4 N–H and O–H groups in total.